The Hall–Kier alpha value is -4.07. The Labute approximate surface area is 172 Å². The predicted octanol–water partition coefficient (Wildman–Crippen LogP) is 3.69. The standard InChI is InChI=1S/C22H19N3O5/c1-2-30-22(27)17-12-16(13-18(14-17)25(28)29)21(26)24-20(15-8-4-3-5-9-15)19-10-6-7-11-23-19/h3-14,20H,2H2,1H3,(H,24,26). The van der Waals surface area contributed by atoms with E-state index in [4.69, 9.17) is 4.74 Å². The SMILES string of the molecule is CCOC(=O)c1cc(C(=O)NC(c2ccccc2)c2ccccn2)cc([N+](=O)[O-])c1. The molecule has 0 bridgehead atoms. The average molecular weight is 405 g/mol. The molecule has 1 unspecified atom stereocenters. The van der Waals surface area contributed by atoms with Gasteiger partial charge >= 0.3 is 5.97 Å². The van der Waals surface area contributed by atoms with Crippen molar-refractivity contribution < 1.29 is 19.2 Å². The average Bonchev–Trinajstić information content (AvgIpc) is 2.78. The van der Waals surface area contributed by atoms with Crippen LogP contribution in [0.3, 0.4) is 0 Å². The number of rotatable bonds is 7. The van der Waals surface area contributed by atoms with Crippen LogP contribution in [0, 0.1) is 10.1 Å². The summed E-state index contributed by atoms with van der Waals surface area (Å²) in [6, 6.07) is 17.5. The third kappa shape index (κ3) is 4.85. The summed E-state index contributed by atoms with van der Waals surface area (Å²) in [4.78, 5) is 40.0. The van der Waals surface area contributed by atoms with Gasteiger partial charge in [-0.05, 0) is 30.7 Å². The first-order chi connectivity index (χ1) is 14.5. The number of hydrogen-bond donors (Lipinski definition) is 1. The number of aromatic nitrogens is 1. The van der Waals surface area contributed by atoms with Crippen LogP contribution in [0.1, 0.15) is 44.9 Å². The molecule has 0 saturated heterocycles. The van der Waals surface area contributed by atoms with Gasteiger partial charge in [-0.15, -0.1) is 0 Å². The molecule has 8 heteroatoms. The number of hydrogen-bond acceptors (Lipinski definition) is 6. The maximum atomic E-state index is 13.0. The number of non-ortho nitro benzene ring substituents is 1. The lowest BCUT2D eigenvalue weighted by atomic mass is 10.0. The molecule has 2 aromatic carbocycles. The number of esters is 1. The molecule has 3 rings (SSSR count). The Bertz CT molecular complexity index is 1020. The number of carbonyl (C=O) groups is 2. The normalized spacial score (nSPS) is 11.4. The van der Waals surface area contributed by atoms with E-state index in [1.807, 2.05) is 30.3 Å². The van der Waals surface area contributed by atoms with Gasteiger partial charge in [0.1, 0.15) is 0 Å². The van der Waals surface area contributed by atoms with E-state index in [0.717, 1.165) is 17.7 Å². The maximum absolute atomic E-state index is 13.0. The zero-order valence-corrected chi connectivity index (χ0v) is 16.1. The van der Waals surface area contributed by atoms with Crippen molar-refractivity contribution in [2.24, 2.45) is 0 Å². The molecule has 1 aromatic heterocycles. The molecule has 0 spiro atoms. The quantitative estimate of drug-likeness (QED) is 0.365. The minimum atomic E-state index is -0.736. The smallest absolute Gasteiger partial charge is 0.338 e. The molecule has 0 radical (unpaired) electrons. The Kier molecular flexibility index (Phi) is 6.49. The van der Waals surface area contributed by atoms with Gasteiger partial charge in [0.05, 0.1) is 28.8 Å². The van der Waals surface area contributed by atoms with Crippen LogP contribution < -0.4 is 5.32 Å². The van der Waals surface area contributed by atoms with E-state index in [9.17, 15) is 19.7 Å². The van der Waals surface area contributed by atoms with Crippen molar-refractivity contribution >= 4 is 17.6 Å². The van der Waals surface area contributed by atoms with Crippen LogP contribution in [-0.2, 0) is 4.74 Å². The van der Waals surface area contributed by atoms with Gasteiger partial charge in [0.25, 0.3) is 11.6 Å². The van der Waals surface area contributed by atoms with Gasteiger partial charge in [0, 0.05) is 23.9 Å². The number of nitrogens with one attached hydrogen (secondary N) is 1. The lowest BCUT2D eigenvalue weighted by Gasteiger charge is -2.19. The highest BCUT2D eigenvalue weighted by Crippen LogP contribution is 2.23. The molecule has 30 heavy (non-hydrogen) atoms. The number of ether oxygens (including phenoxy) is 1. The zero-order valence-electron chi connectivity index (χ0n) is 16.1. The number of benzene rings is 2. The summed E-state index contributed by atoms with van der Waals surface area (Å²) in [7, 11) is 0. The summed E-state index contributed by atoms with van der Waals surface area (Å²) in [5.41, 5.74) is 0.933. The van der Waals surface area contributed by atoms with Gasteiger partial charge in [-0.25, -0.2) is 4.79 Å². The molecule has 8 nitrogen and oxygen atoms in total. The molecule has 0 aliphatic carbocycles. The lowest BCUT2D eigenvalue weighted by Crippen LogP contribution is -2.30. The minimum absolute atomic E-state index is 0.0240. The number of nitro groups is 1. The number of carbonyl (C=O) groups excluding carboxylic acids is 2. The molecule has 0 aliphatic heterocycles. The molecule has 1 atom stereocenters. The molecular formula is C22H19N3O5. The van der Waals surface area contributed by atoms with Crippen molar-refractivity contribution in [3.63, 3.8) is 0 Å². The van der Waals surface area contributed by atoms with E-state index < -0.39 is 22.8 Å². The molecule has 0 fully saturated rings. The van der Waals surface area contributed by atoms with Crippen LogP contribution in [0.25, 0.3) is 0 Å². The van der Waals surface area contributed by atoms with Crippen molar-refractivity contribution in [3.05, 3.63) is 105 Å². The predicted molar refractivity (Wildman–Crippen MR) is 109 cm³/mol. The summed E-state index contributed by atoms with van der Waals surface area (Å²) in [6.45, 7) is 1.74. The first kappa shape index (κ1) is 20.7. The fraction of sp³-hybridized carbons (Fsp3) is 0.136. The second kappa shape index (κ2) is 9.42. The monoisotopic (exact) mass is 405 g/mol. The molecule has 1 heterocycles. The zero-order chi connectivity index (χ0) is 21.5. The Morgan fingerprint density at radius 3 is 2.40 bits per heavy atom. The lowest BCUT2D eigenvalue weighted by molar-refractivity contribution is -0.384. The summed E-state index contributed by atoms with van der Waals surface area (Å²) in [5.74, 6) is -1.32. The fourth-order valence-electron chi connectivity index (χ4n) is 2.91. The third-order valence-corrected chi connectivity index (χ3v) is 4.29. The van der Waals surface area contributed by atoms with Gasteiger partial charge in [0.2, 0.25) is 0 Å². The van der Waals surface area contributed by atoms with Gasteiger partial charge in [-0.1, -0.05) is 36.4 Å². The molecular weight excluding hydrogens is 386 g/mol. The topological polar surface area (TPSA) is 111 Å². The van der Waals surface area contributed by atoms with Crippen LogP contribution in [0.4, 0.5) is 5.69 Å². The Morgan fingerprint density at radius 1 is 1.07 bits per heavy atom. The van der Waals surface area contributed by atoms with E-state index in [2.05, 4.69) is 10.3 Å². The first-order valence-electron chi connectivity index (χ1n) is 9.23. The molecule has 0 aliphatic rings. The van der Waals surface area contributed by atoms with Crippen LogP contribution in [0.2, 0.25) is 0 Å². The number of nitrogens with zero attached hydrogens (tertiary/aromatic N) is 2. The number of nitro benzene ring substituents is 1. The van der Waals surface area contributed by atoms with Crippen LogP contribution in [0.5, 0.6) is 0 Å². The van der Waals surface area contributed by atoms with E-state index in [0.29, 0.717) is 5.69 Å². The van der Waals surface area contributed by atoms with Crippen molar-refractivity contribution in [2.75, 3.05) is 6.61 Å². The van der Waals surface area contributed by atoms with Crippen LogP contribution in [0.15, 0.2) is 72.9 Å². The maximum Gasteiger partial charge on any atom is 0.338 e. The molecule has 1 amide bonds. The van der Waals surface area contributed by atoms with Gasteiger partial charge in [-0.3, -0.25) is 19.9 Å². The summed E-state index contributed by atoms with van der Waals surface area (Å²) >= 11 is 0. The minimum Gasteiger partial charge on any atom is -0.462 e. The van der Waals surface area contributed by atoms with Gasteiger partial charge < -0.3 is 10.1 Å². The van der Waals surface area contributed by atoms with Crippen molar-refractivity contribution in [1.29, 1.82) is 0 Å². The fourth-order valence-corrected chi connectivity index (χ4v) is 2.91. The molecule has 1 N–H and O–H groups in total. The highest BCUT2D eigenvalue weighted by molar-refractivity contribution is 5.99. The Balaban J connectivity index is 1.98. The van der Waals surface area contributed by atoms with Crippen molar-refractivity contribution in [1.82, 2.24) is 10.3 Å². The number of pyridine rings is 1. The second-order valence-corrected chi connectivity index (χ2v) is 6.32. The second-order valence-electron chi connectivity index (χ2n) is 6.32. The van der Waals surface area contributed by atoms with Crippen molar-refractivity contribution in [3.8, 4) is 0 Å². The van der Waals surface area contributed by atoms with Gasteiger partial charge in [-0.2, -0.15) is 0 Å². The molecule has 0 saturated carbocycles. The van der Waals surface area contributed by atoms with Crippen molar-refractivity contribution in [2.45, 2.75) is 13.0 Å². The molecule has 3 aromatic rings. The highest BCUT2D eigenvalue weighted by atomic mass is 16.6. The van der Waals surface area contributed by atoms with Gasteiger partial charge in [0.15, 0.2) is 0 Å². The van der Waals surface area contributed by atoms with Crippen LogP contribution in [-0.4, -0.2) is 28.4 Å². The van der Waals surface area contributed by atoms with E-state index in [-0.39, 0.29) is 23.4 Å². The Morgan fingerprint density at radius 2 is 1.77 bits per heavy atom. The summed E-state index contributed by atoms with van der Waals surface area (Å²) in [5, 5.41) is 14.1. The first-order valence-corrected chi connectivity index (χ1v) is 9.23. The highest BCUT2D eigenvalue weighted by Gasteiger charge is 2.22. The van der Waals surface area contributed by atoms with E-state index >= 15 is 0 Å². The van der Waals surface area contributed by atoms with Crippen LogP contribution >= 0.6 is 0 Å². The van der Waals surface area contributed by atoms with E-state index in [1.165, 1.54) is 6.07 Å². The molecule has 152 valence electrons. The third-order valence-electron chi connectivity index (χ3n) is 4.29. The largest absolute Gasteiger partial charge is 0.462 e. The number of amides is 1. The summed E-state index contributed by atoms with van der Waals surface area (Å²) < 4.78 is 4.91. The van der Waals surface area contributed by atoms with E-state index in [1.54, 1.807) is 31.3 Å². The summed E-state index contributed by atoms with van der Waals surface area (Å²) in [6.07, 6.45) is 1.61.